The molecule has 0 aliphatic carbocycles. The molecule has 88 valence electrons. The highest BCUT2D eigenvalue weighted by atomic mass is 32.1. The van der Waals surface area contributed by atoms with Crippen molar-refractivity contribution >= 4 is 18.2 Å². The number of hydrogen-bond donors (Lipinski definition) is 2. The summed E-state index contributed by atoms with van der Waals surface area (Å²) in [6.07, 6.45) is 0. The molecule has 4 nitrogen and oxygen atoms in total. The smallest absolute Gasteiger partial charge is 0.354 e. The Morgan fingerprint density at radius 1 is 1.35 bits per heavy atom. The van der Waals surface area contributed by atoms with E-state index in [0.29, 0.717) is 10.5 Å². The minimum Gasteiger partial charge on any atom is -0.477 e. The summed E-state index contributed by atoms with van der Waals surface area (Å²) in [4.78, 5) is 13.8. The molecule has 0 saturated heterocycles. The van der Waals surface area contributed by atoms with E-state index in [0.717, 1.165) is 11.1 Å². The highest BCUT2D eigenvalue weighted by molar-refractivity contribution is 7.71. The molecule has 0 bridgehead atoms. The largest absolute Gasteiger partial charge is 0.477 e. The number of carbonyl (C=O) groups is 1. The van der Waals surface area contributed by atoms with E-state index in [1.165, 1.54) is 0 Å². The lowest BCUT2D eigenvalue weighted by atomic mass is 10.1. The van der Waals surface area contributed by atoms with Crippen LogP contribution in [0.25, 0.3) is 11.3 Å². The number of aryl methyl sites for hydroxylation is 1. The normalized spacial score (nSPS) is 10.5. The molecule has 1 heterocycles. The molecule has 2 aromatic rings. The molecule has 0 aliphatic rings. The minimum absolute atomic E-state index is 0.126. The molecule has 1 aromatic carbocycles. The number of rotatable bonds is 2. The van der Waals surface area contributed by atoms with Crippen molar-refractivity contribution in [1.29, 1.82) is 0 Å². The lowest BCUT2D eigenvalue weighted by Crippen LogP contribution is -2.01. The summed E-state index contributed by atoms with van der Waals surface area (Å²) in [7, 11) is 1.75. The van der Waals surface area contributed by atoms with Crippen LogP contribution in [-0.4, -0.2) is 20.6 Å². The van der Waals surface area contributed by atoms with Crippen molar-refractivity contribution in [1.82, 2.24) is 9.55 Å². The van der Waals surface area contributed by atoms with E-state index < -0.39 is 5.97 Å². The summed E-state index contributed by atoms with van der Waals surface area (Å²) in [5.41, 5.74) is 2.69. The fourth-order valence-electron chi connectivity index (χ4n) is 1.72. The zero-order valence-electron chi connectivity index (χ0n) is 9.52. The number of carboxylic acid groups (broad SMARTS) is 1. The predicted molar refractivity (Wildman–Crippen MR) is 67.7 cm³/mol. The number of carboxylic acids is 1. The molecule has 2 N–H and O–H groups in total. The Balaban J connectivity index is 2.69. The maximum atomic E-state index is 11.1. The molecule has 1 aromatic heterocycles. The van der Waals surface area contributed by atoms with Gasteiger partial charge in [-0.25, -0.2) is 4.79 Å². The number of benzene rings is 1. The molecular formula is C12H12N2O2S. The van der Waals surface area contributed by atoms with Crippen LogP contribution < -0.4 is 0 Å². The van der Waals surface area contributed by atoms with Crippen LogP contribution in [-0.2, 0) is 7.05 Å². The van der Waals surface area contributed by atoms with E-state index in [2.05, 4.69) is 4.98 Å². The van der Waals surface area contributed by atoms with E-state index in [4.69, 9.17) is 17.3 Å². The minimum atomic E-state index is -1.01. The number of nitrogens with zero attached hydrogens (tertiary/aromatic N) is 1. The molecule has 5 heteroatoms. The van der Waals surface area contributed by atoms with Gasteiger partial charge >= 0.3 is 5.97 Å². The molecule has 0 atom stereocenters. The van der Waals surface area contributed by atoms with Gasteiger partial charge in [-0.3, -0.25) is 0 Å². The summed E-state index contributed by atoms with van der Waals surface area (Å²) >= 11 is 5.05. The Kier molecular flexibility index (Phi) is 2.85. The Morgan fingerprint density at radius 3 is 2.47 bits per heavy atom. The molecule has 0 radical (unpaired) electrons. The number of aromatic amines is 1. The SMILES string of the molecule is Cc1ccc(-c2c(C(=O)O)[nH]c(=S)n2C)cc1. The van der Waals surface area contributed by atoms with Crippen LogP contribution in [0.2, 0.25) is 0 Å². The summed E-state index contributed by atoms with van der Waals surface area (Å²) in [5.74, 6) is -1.01. The topological polar surface area (TPSA) is 58.0 Å². The van der Waals surface area contributed by atoms with Gasteiger partial charge < -0.3 is 14.7 Å². The molecule has 0 aliphatic heterocycles. The standard InChI is InChI=1S/C12H12N2O2S/c1-7-3-5-8(6-4-7)10-9(11(15)16)13-12(17)14(10)2/h3-6H,1-2H3,(H,13,17)(H,15,16). The van der Waals surface area contributed by atoms with Gasteiger partial charge in [-0.15, -0.1) is 0 Å². The lowest BCUT2D eigenvalue weighted by molar-refractivity contribution is 0.0692. The van der Waals surface area contributed by atoms with E-state index in [-0.39, 0.29) is 5.69 Å². The van der Waals surface area contributed by atoms with Crippen LogP contribution in [0, 0.1) is 11.7 Å². The first-order chi connectivity index (χ1) is 8.00. The summed E-state index contributed by atoms with van der Waals surface area (Å²) < 4.78 is 2.07. The quantitative estimate of drug-likeness (QED) is 0.803. The Hall–Kier alpha value is -1.88. The number of imidazole rings is 1. The second-order valence-electron chi connectivity index (χ2n) is 3.88. The number of H-pyrrole nitrogens is 1. The predicted octanol–water partition coefficient (Wildman–Crippen LogP) is 2.76. The molecule has 0 unspecified atom stereocenters. The van der Waals surface area contributed by atoms with Crippen LogP contribution in [0.1, 0.15) is 16.1 Å². The van der Waals surface area contributed by atoms with Crippen LogP contribution in [0.15, 0.2) is 24.3 Å². The average Bonchev–Trinajstić information content (AvgIpc) is 2.57. The van der Waals surface area contributed by atoms with Crippen molar-refractivity contribution in [3.05, 3.63) is 40.3 Å². The monoisotopic (exact) mass is 248 g/mol. The third-order valence-electron chi connectivity index (χ3n) is 2.65. The van der Waals surface area contributed by atoms with Gasteiger partial charge in [-0.05, 0) is 19.1 Å². The van der Waals surface area contributed by atoms with Gasteiger partial charge in [0.2, 0.25) is 0 Å². The van der Waals surface area contributed by atoms with Crippen molar-refractivity contribution in [2.24, 2.45) is 7.05 Å². The average molecular weight is 248 g/mol. The Bertz CT molecular complexity index is 623. The molecular weight excluding hydrogens is 236 g/mol. The molecule has 0 fully saturated rings. The Labute approximate surface area is 104 Å². The van der Waals surface area contributed by atoms with E-state index in [1.54, 1.807) is 11.6 Å². The van der Waals surface area contributed by atoms with Crippen molar-refractivity contribution in [3.8, 4) is 11.3 Å². The fraction of sp³-hybridized carbons (Fsp3) is 0.167. The highest BCUT2D eigenvalue weighted by Crippen LogP contribution is 2.23. The third-order valence-corrected chi connectivity index (χ3v) is 3.02. The van der Waals surface area contributed by atoms with Gasteiger partial charge in [0.05, 0.1) is 5.69 Å². The van der Waals surface area contributed by atoms with Crippen molar-refractivity contribution < 1.29 is 9.90 Å². The molecule has 17 heavy (non-hydrogen) atoms. The van der Waals surface area contributed by atoms with Crippen molar-refractivity contribution in [2.45, 2.75) is 6.92 Å². The number of aromatic carboxylic acids is 1. The number of nitrogens with one attached hydrogen (secondary N) is 1. The van der Waals surface area contributed by atoms with Crippen LogP contribution in [0.5, 0.6) is 0 Å². The number of aromatic nitrogens is 2. The van der Waals surface area contributed by atoms with Crippen molar-refractivity contribution in [2.75, 3.05) is 0 Å². The first-order valence-corrected chi connectivity index (χ1v) is 5.51. The first-order valence-electron chi connectivity index (χ1n) is 5.10. The summed E-state index contributed by atoms with van der Waals surface area (Å²) in [5, 5.41) is 9.13. The fourth-order valence-corrected chi connectivity index (χ4v) is 1.92. The highest BCUT2D eigenvalue weighted by Gasteiger charge is 2.17. The summed E-state index contributed by atoms with van der Waals surface area (Å²) in [6.45, 7) is 1.98. The Morgan fingerprint density at radius 2 is 1.94 bits per heavy atom. The number of hydrogen-bond acceptors (Lipinski definition) is 2. The maximum Gasteiger partial charge on any atom is 0.354 e. The zero-order valence-corrected chi connectivity index (χ0v) is 10.3. The van der Waals surface area contributed by atoms with E-state index in [9.17, 15) is 4.79 Å². The van der Waals surface area contributed by atoms with Gasteiger partial charge in [-0.2, -0.15) is 0 Å². The maximum absolute atomic E-state index is 11.1. The van der Waals surface area contributed by atoms with Gasteiger partial charge in [0.25, 0.3) is 0 Å². The van der Waals surface area contributed by atoms with Gasteiger partial charge in [0.15, 0.2) is 10.5 Å². The van der Waals surface area contributed by atoms with E-state index in [1.807, 2.05) is 31.2 Å². The lowest BCUT2D eigenvalue weighted by Gasteiger charge is -2.04. The van der Waals surface area contributed by atoms with Gasteiger partial charge in [-0.1, -0.05) is 29.8 Å². The van der Waals surface area contributed by atoms with E-state index >= 15 is 0 Å². The van der Waals surface area contributed by atoms with Crippen LogP contribution >= 0.6 is 12.2 Å². The first kappa shape index (κ1) is 11.6. The summed E-state index contributed by atoms with van der Waals surface area (Å²) in [6, 6.07) is 7.66. The van der Waals surface area contributed by atoms with Crippen LogP contribution in [0.4, 0.5) is 0 Å². The van der Waals surface area contributed by atoms with Crippen LogP contribution in [0.3, 0.4) is 0 Å². The third kappa shape index (κ3) is 2.01. The molecule has 0 spiro atoms. The zero-order chi connectivity index (χ0) is 12.6. The molecule has 0 amide bonds. The second kappa shape index (κ2) is 4.18. The second-order valence-corrected chi connectivity index (χ2v) is 4.27. The molecule has 2 rings (SSSR count). The van der Waals surface area contributed by atoms with Gasteiger partial charge in [0, 0.05) is 12.6 Å². The van der Waals surface area contributed by atoms with Gasteiger partial charge in [0.1, 0.15) is 0 Å². The molecule has 0 saturated carbocycles. The van der Waals surface area contributed by atoms with Crippen molar-refractivity contribution in [3.63, 3.8) is 0 Å².